The molecule has 2 rings (SSSR count). The van der Waals surface area contributed by atoms with Crippen LogP contribution in [0.5, 0.6) is 0 Å². The van der Waals surface area contributed by atoms with E-state index < -0.39 is 0 Å². The number of nitrogens with one attached hydrogen (secondary N) is 1. The molecule has 1 aromatic carbocycles. The molecular formula is C16H23BrClN. The summed E-state index contributed by atoms with van der Waals surface area (Å²) in [4.78, 5) is 0. The highest BCUT2D eigenvalue weighted by Crippen LogP contribution is 2.30. The van der Waals surface area contributed by atoms with Gasteiger partial charge in [0.2, 0.25) is 0 Å². The zero-order valence-corrected chi connectivity index (χ0v) is 14.1. The van der Waals surface area contributed by atoms with E-state index in [9.17, 15) is 0 Å². The van der Waals surface area contributed by atoms with Crippen LogP contribution in [0.25, 0.3) is 0 Å². The minimum Gasteiger partial charge on any atom is -0.307 e. The van der Waals surface area contributed by atoms with Gasteiger partial charge in [0.1, 0.15) is 0 Å². The molecule has 1 fully saturated rings. The maximum atomic E-state index is 6.32. The Morgan fingerprint density at radius 3 is 2.53 bits per heavy atom. The van der Waals surface area contributed by atoms with Crippen molar-refractivity contribution >= 4 is 27.5 Å². The monoisotopic (exact) mass is 343 g/mol. The van der Waals surface area contributed by atoms with Crippen LogP contribution >= 0.6 is 27.5 Å². The highest BCUT2D eigenvalue weighted by atomic mass is 79.9. The molecule has 106 valence electrons. The fraction of sp³-hybridized carbons (Fsp3) is 0.625. The lowest BCUT2D eigenvalue weighted by molar-refractivity contribution is 0.268. The fourth-order valence-electron chi connectivity index (χ4n) is 3.11. The minimum absolute atomic E-state index is 0.303. The molecule has 3 heteroatoms. The quantitative estimate of drug-likeness (QED) is 0.736. The van der Waals surface area contributed by atoms with Gasteiger partial charge < -0.3 is 5.32 Å². The standard InChI is InChI=1S/C16H23BrClN/c1-11(13-6-4-3-5-7-13)19-12(2)15-9-8-14(17)10-16(15)18/h8-13,19H,3-7H2,1-2H3. The van der Waals surface area contributed by atoms with Crippen molar-refractivity contribution in [3.05, 3.63) is 33.3 Å². The van der Waals surface area contributed by atoms with E-state index in [-0.39, 0.29) is 0 Å². The summed E-state index contributed by atoms with van der Waals surface area (Å²) in [6, 6.07) is 7.01. The third kappa shape index (κ3) is 4.21. The van der Waals surface area contributed by atoms with Gasteiger partial charge in [0.15, 0.2) is 0 Å². The number of halogens is 2. The Bertz CT molecular complexity index is 415. The number of benzene rings is 1. The molecule has 2 atom stereocenters. The zero-order valence-electron chi connectivity index (χ0n) is 11.8. The fourth-order valence-corrected chi connectivity index (χ4v) is 3.94. The van der Waals surface area contributed by atoms with Gasteiger partial charge in [-0.05, 0) is 50.3 Å². The highest BCUT2D eigenvalue weighted by Gasteiger charge is 2.22. The number of hydrogen-bond acceptors (Lipinski definition) is 1. The molecule has 0 heterocycles. The molecule has 1 aromatic rings. The number of hydrogen-bond donors (Lipinski definition) is 1. The SMILES string of the molecule is CC(NC(C)C1CCCCC1)c1ccc(Br)cc1Cl. The molecule has 1 saturated carbocycles. The van der Waals surface area contributed by atoms with Crippen LogP contribution in [0.15, 0.2) is 22.7 Å². The zero-order chi connectivity index (χ0) is 13.8. The first-order valence-electron chi connectivity index (χ1n) is 7.29. The van der Waals surface area contributed by atoms with Gasteiger partial charge in [-0.25, -0.2) is 0 Å². The Balaban J connectivity index is 1.97. The Hall–Kier alpha value is -0.0500. The smallest absolute Gasteiger partial charge is 0.0464 e. The Morgan fingerprint density at radius 2 is 1.89 bits per heavy atom. The van der Waals surface area contributed by atoms with E-state index in [1.807, 2.05) is 6.07 Å². The van der Waals surface area contributed by atoms with Gasteiger partial charge in [0.05, 0.1) is 0 Å². The third-order valence-electron chi connectivity index (χ3n) is 4.30. The average molecular weight is 345 g/mol. The Labute approximate surface area is 130 Å². The molecule has 1 nitrogen and oxygen atoms in total. The minimum atomic E-state index is 0.303. The van der Waals surface area contributed by atoms with Crippen LogP contribution in [0.3, 0.4) is 0 Å². The van der Waals surface area contributed by atoms with Crippen molar-refractivity contribution in [1.29, 1.82) is 0 Å². The van der Waals surface area contributed by atoms with Crippen LogP contribution in [-0.2, 0) is 0 Å². The Kier molecular flexibility index (Phi) is 5.73. The van der Waals surface area contributed by atoms with E-state index in [4.69, 9.17) is 11.6 Å². The largest absolute Gasteiger partial charge is 0.307 e. The first-order valence-corrected chi connectivity index (χ1v) is 8.46. The van der Waals surface area contributed by atoms with Crippen LogP contribution in [0.4, 0.5) is 0 Å². The van der Waals surface area contributed by atoms with Gasteiger partial charge in [0, 0.05) is 21.6 Å². The van der Waals surface area contributed by atoms with Crippen LogP contribution < -0.4 is 5.32 Å². The molecule has 1 aliphatic carbocycles. The molecule has 0 aliphatic heterocycles. The molecule has 0 spiro atoms. The van der Waals surface area contributed by atoms with Gasteiger partial charge in [-0.3, -0.25) is 0 Å². The van der Waals surface area contributed by atoms with E-state index in [0.717, 1.165) is 15.4 Å². The summed E-state index contributed by atoms with van der Waals surface area (Å²) in [5.74, 6) is 0.824. The third-order valence-corrected chi connectivity index (χ3v) is 5.12. The predicted molar refractivity (Wildman–Crippen MR) is 86.7 cm³/mol. The summed E-state index contributed by atoms with van der Waals surface area (Å²) in [6.07, 6.45) is 6.94. The van der Waals surface area contributed by atoms with Crippen molar-refractivity contribution in [1.82, 2.24) is 5.32 Å². The summed E-state index contributed by atoms with van der Waals surface area (Å²) in [7, 11) is 0. The van der Waals surface area contributed by atoms with E-state index in [2.05, 4.69) is 47.2 Å². The molecule has 0 amide bonds. The second-order valence-electron chi connectivity index (χ2n) is 5.74. The van der Waals surface area contributed by atoms with Gasteiger partial charge >= 0.3 is 0 Å². The van der Waals surface area contributed by atoms with Crippen LogP contribution in [0.1, 0.15) is 57.6 Å². The van der Waals surface area contributed by atoms with Crippen molar-refractivity contribution in [2.24, 2.45) is 5.92 Å². The maximum absolute atomic E-state index is 6.32. The second kappa shape index (κ2) is 7.10. The van der Waals surface area contributed by atoms with Crippen molar-refractivity contribution in [3.63, 3.8) is 0 Å². The van der Waals surface area contributed by atoms with E-state index in [1.165, 1.54) is 37.7 Å². The molecule has 0 radical (unpaired) electrons. The molecule has 1 aliphatic rings. The van der Waals surface area contributed by atoms with Crippen LogP contribution in [0, 0.1) is 5.92 Å². The van der Waals surface area contributed by atoms with Crippen LogP contribution in [0.2, 0.25) is 5.02 Å². The first kappa shape index (κ1) is 15.3. The maximum Gasteiger partial charge on any atom is 0.0464 e. The average Bonchev–Trinajstić information content (AvgIpc) is 2.39. The Morgan fingerprint density at radius 1 is 1.21 bits per heavy atom. The first-order chi connectivity index (χ1) is 9.08. The summed E-state index contributed by atoms with van der Waals surface area (Å²) >= 11 is 9.78. The van der Waals surface area contributed by atoms with Gasteiger partial charge in [0.25, 0.3) is 0 Å². The summed E-state index contributed by atoms with van der Waals surface area (Å²) in [5, 5.41) is 4.56. The van der Waals surface area contributed by atoms with E-state index >= 15 is 0 Å². The summed E-state index contributed by atoms with van der Waals surface area (Å²) in [5.41, 5.74) is 1.19. The van der Waals surface area contributed by atoms with Crippen LogP contribution in [-0.4, -0.2) is 6.04 Å². The lowest BCUT2D eigenvalue weighted by Crippen LogP contribution is -2.36. The molecule has 0 aromatic heterocycles. The van der Waals surface area contributed by atoms with Crippen molar-refractivity contribution in [2.45, 2.75) is 58.0 Å². The topological polar surface area (TPSA) is 12.0 Å². The lowest BCUT2D eigenvalue weighted by atomic mass is 9.84. The number of rotatable bonds is 4. The lowest BCUT2D eigenvalue weighted by Gasteiger charge is -2.31. The summed E-state index contributed by atoms with van der Waals surface area (Å²) in [6.45, 7) is 4.52. The molecule has 0 saturated heterocycles. The normalized spacial score (nSPS) is 20.2. The van der Waals surface area contributed by atoms with Gasteiger partial charge in [-0.1, -0.05) is 52.9 Å². The molecular weight excluding hydrogens is 322 g/mol. The highest BCUT2D eigenvalue weighted by molar-refractivity contribution is 9.10. The van der Waals surface area contributed by atoms with E-state index in [0.29, 0.717) is 12.1 Å². The molecule has 1 N–H and O–H groups in total. The van der Waals surface area contributed by atoms with Gasteiger partial charge in [-0.15, -0.1) is 0 Å². The molecule has 19 heavy (non-hydrogen) atoms. The van der Waals surface area contributed by atoms with Crippen molar-refractivity contribution < 1.29 is 0 Å². The second-order valence-corrected chi connectivity index (χ2v) is 7.06. The molecule has 2 unspecified atom stereocenters. The van der Waals surface area contributed by atoms with Crippen molar-refractivity contribution in [2.75, 3.05) is 0 Å². The predicted octanol–water partition coefficient (Wildman–Crippen LogP) is 5.72. The summed E-state index contributed by atoms with van der Waals surface area (Å²) < 4.78 is 1.04. The van der Waals surface area contributed by atoms with Gasteiger partial charge in [-0.2, -0.15) is 0 Å². The van der Waals surface area contributed by atoms with E-state index in [1.54, 1.807) is 0 Å². The molecule has 0 bridgehead atoms. The van der Waals surface area contributed by atoms with Crippen molar-refractivity contribution in [3.8, 4) is 0 Å².